The lowest BCUT2D eigenvalue weighted by molar-refractivity contribution is 0.0746. The largest absolute Gasteiger partial charge is 0.328 e. The van der Waals surface area contributed by atoms with E-state index >= 15 is 0 Å². The Kier molecular flexibility index (Phi) is 3.40. The summed E-state index contributed by atoms with van der Waals surface area (Å²) in [4.78, 5) is 2.78. The quantitative estimate of drug-likeness (QED) is 0.885. The van der Waals surface area contributed by atoms with E-state index in [2.05, 4.69) is 42.2 Å². The summed E-state index contributed by atoms with van der Waals surface area (Å²) in [6.45, 7) is 2.31. The number of nitrogens with zero attached hydrogens (tertiary/aromatic N) is 1. The molecule has 2 fully saturated rings. The van der Waals surface area contributed by atoms with Crippen LogP contribution in [0.15, 0.2) is 30.3 Å². The number of hydrogen-bond donors (Lipinski definition) is 1. The zero-order chi connectivity index (χ0) is 12.5. The van der Waals surface area contributed by atoms with Crippen LogP contribution in [0.25, 0.3) is 0 Å². The molecule has 18 heavy (non-hydrogen) atoms. The Morgan fingerprint density at radius 1 is 1.17 bits per heavy atom. The van der Waals surface area contributed by atoms with Gasteiger partial charge in [-0.25, -0.2) is 0 Å². The van der Waals surface area contributed by atoms with E-state index in [0.717, 1.165) is 12.1 Å². The van der Waals surface area contributed by atoms with E-state index in [9.17, 15) is 0 Å². The van der Waals surface area contributed by atoms with Crippen LogP contribution in [0.4, 0.5) is 0 Å². The Balaban J connectivity index is 1.85. The lowest BCUT2D eigenvalue weighted by Crippen LogP contribution is -2.48. The Morgan fingerprint density at radius 2 is 1.78 bits per heavy atom. The summed E-state index contributed by atoms with van der Waals surface area (Å²) in [5.41, 5.74) is 7.65. The van der Waals surface area contributed by atoms with Crippen molar-refractivity contribution in [1.82, 2.24) is 4.90 Å². The van der Waals surface area contributed by atoms with Crippen molar-refractivity contribution in [1.29, 1.82) is 0 Å². The molecule has 2 heteroatoms. The summed E-state index contributed by atoms with van der Waals surface area (Å²) >= 11 is 0. The molecule has 2 saturated heterocycles. The molecule has 3 rings (SSSR count). The van der Waals surface area contributed by atoms with Gasteiger partial charge in [-0.05, 0) is 37.7 Å². The highest BCUT2D eigenvalue weighted by Gasteiger charge is 2.42. The average Bonchev–Trinajstić information content (AvgIpc) is 2.65. The van der Waals surface area contributed by atoms with Crippen molar-refractivity contribution in [2.24, 2.45) is 5.73 Å². The van der Waals surface area contributed by atoms with Crippen molar-refractivity contribution in [3.05, 3.63) is 35.9 Å². The minimum absolute atomic E-state index is 0.437. The first-order valence-electron chi connectivity index (χ1n) is 7.37. The van der Waals surface area contributed by atoms with Gasteiger partial charge < -0.3 is 5.73 Å². The zero-order valence-electron chi connectivity index (χ0n) is 11.3. The van der Waals surface area contributed by atoms with E-state index in [0.29, 0.717) is 12.1 Å². The van der Waals surface area contributed by atoms with Crippen molar-refractivity contribution in [2.75, 3.05) is 0 Å². The third kappa shape index (κ3) is 2.08. The molecular weight excluding hydrogens is 220 g/mol. The summed E-state index contributed by atoms with van der Waals surface area (Å²) in [6, 6.07) is 13.5. The molecule has 2 aliphatic rings. The highest BCUT2D eigenvalue weighted by Crippen LogP contribution is 2.42. The van der Waals surface area contributed by atoms with Crippen LogP contribution in [0.2, 0.25) is 0 Å². The molecular formula is C16H24N2. The van der Waals surface area contributed by atoms with Crippen molar-refractivity contribution in [2.45, 2.75) is 63.2 Å². The maximum absolute atomic E-state index is 6.17. The minimum Gasteiger partial charge on any atom is -0.328 e. The standard InChI is InChI=1S/C16H24N2/c1-2-16(12-6-4-3-5-7-12)18-14-8-9-15(18)11-13(17)10-14/h3-7,13-16H,2,8-11,17H2,1H3. The van der Waals surface area contributed by atoms with Gasteiger partial charge >= 0.3 is 0 Å². The van der Waals surface area contributed by atoms with Crippen molar-refractivity contribution >= 4 is 0 Å². The Hall–Kier alpha value is -0.860. The van der Waals surface area contributed by atoms with E-state index in [1.54, 1.807) is 0 Å². The van der Waals surface area contributed by atoms with Gasteiger partial charge in [-0.15, -0.1) is 0 Å². The molecule has 0 aromatic heterocycles. The molecule has 2 bridgehead atoms. The molecule has 1 aromatic rings. The second-order valence-electron chi connectivity index (χ2n) is 5.90. The second kappa shape index (κ2) is 5.02. The van der Waals surface area contributed by atoms with E-state index in [1.807, 2.05) is 0 Å². The van der Waals surface area contributed by atoms with Crippen molar-refractivity contribution in [3.8, 4) is 0 Å². The van der Waals surface area contributed by atoms with Gasteiger partial charge in [-0.2, -0.15) is 0 Å². The molecule has 0 aliphatic carbocycles. The van der Waals surface area contributed by atoms with Gasteiger partial charge in [0, 0.05) is 24.2 Å². The molecule has 3 unspecified atom stereocenters. The molecule has 0 radical (unpaired) electrons. The van der Waals surface area contributed by atoms with Gasteiger partial charge in [0.25, 0.3) is 0 Å². The first kappa shape index (κ1) is 12.2. The lowest BCUT2D eigenvalue weighted by atomic mass is 9.92. The van der Waals surface area contributed by atoms with Crippen LogP contribution in [0.5, 0.6) is 0 Å². The van der Waals surface area contributed by atoms with E-state index in [1.165, 1.54) is 37.7 Å². The average molecular weight is 244 g/mol. The van der Waals surface area contributed by atoms with Gasteiger partial charge in [-0.1, -0.05) is 37.3 Å². The summed E-state index contributed by atoms with van der Waals surface area (Å²) in [5, 5.41) is 0. The molecule has 2 heterocycles. The Bertz CT molecular complexity index is 375. The lowest BCUT2D eigenvalue weighted by Gasteiger charge is -2.42. The van der Waals surface area contributed by atoms with Gasteiger partial charge in [0.2, 0.25) is 0 Å². The van der Waals surface area contributed by atoms with E-state index in [-0.39, 0.29) is 0 Å². The van der Waals surface area contributed by atoms with Crippen LogP contribution in [0, 0.1) is 0 Å². The third-order valence-electron chi connectivity index (χ3n) is 4.76. The first-order valence-corrected chi connectivity index (χ1v) is 7.37. The summed E-state index contributed by atoms with van der Waals surface area (Å²) in [7, 11) is 0. The van der Waals surface area contributed by atoms with Crippen LogP contribution >= 0.6 is 0 Å². The van der Waals surface area contributed by atoms with E-state index in [4.69, 9.17) is 5.73 Å². The third-order valence-corrected chi connectivity index (χ3v) is 4.76. The topological polar surface area (TPSA) is 29.3 Å². The summed E-state index contributed by atoms with van der Waals surface area (Å²) < 4.78 is 0. The Morgan fingerprint density at radius 3 is 2.33 bits per heavy atom. The first-order chi connectivity index (χ1) is 8.79. The van der Waals surface area contributed by atoms with Gasteiger partial charge in [0.15, 0.2) is 0 Å². The molecule has 0 amide bonds. The predicted molar refractivity (Wildman–Crippen MR) is 75.3 cm³/mol. The number of benzene rings is 1. The van der Waals surface area contributed by atoms with Gasteiger partial charge in [-0.3, -0.25) is 4.90 Å². The van der Waals surface area contributed by atoms with Gasteiger partial charge in [0.1, 0.15) is 0 Å². The smallest absolute Gasteiger partial charge is 0.0351 e. The van der Waals surface area contributed by atoms with Crippen molar-refractivity contribution < 1.29 is 0 Å². The number of fused-ring (bicyclic) bond motifs is 2. The molecule has 2 nitrogen and oxygen atoms in total. The number of piperidine rings is 1. The second-order valence-corrected chi connectivity index (χ2v) is 5.90. The molecule has 0 spiro atoms. The molecule has 2 N–H and O–H groups in total. The van der Waals surface area contributed by atoms with Crippen LogP contribution < -0.4 is 5.73 Å². The van der Waals surface area contributed by atoms with Crippen LogP contribution in [-0.4, -0.2) is 23.0 Å². The monoisotopic (exact) mass is 244 g/mol. The highest BCUT2D eigenvalue weighted by atomic mass is 15.2. The number of rotatable bonds is 3. The normalized spacial score (nSPS) is 33.6. The summed E-state index contributed by atoms with van der Waals surface area (Å²) in [5.74, 6) is 0. The molecule has 98 valence electrons. The molecule has 3 atom stereocenters. The summed E-state index contributed by atoms with van der Waals surface area (Å²) in [6.07, 6.45) is 6.29. The Labute approximate surface area is 110 Å². The minimum atomic E-state index is 0.437. The fraction of sp³-hybridized carbons (Fsp3) is 0.625. The number of hydrogen-bond acceptors (Lipinski definition) is 2. The molecule has 1 aromatic carbocycles. The number of nitrogens with two attached hydrogens (primary N) is 1. The van der Waals surface area contributed by atoms with E-state index < -0.39 is 0 Å². The highest BCUT2D eigenvalue weighted by molar-refractivity contribution is 5.20. The fourth-order valence-corrected chi connectivity index (χ4v) is 4.06. The molecule has 0 saturated carbocycles. The predicted octanol–water partition coefficient (Wildman–Crippen LogP) is 3.09. The molecule has 2 aliphatic heterocycles. The maximum Gasteiger partial charge on any atom is 0.0351 e. The van der Waals surface area contributed by atoms with Crippen LogP contribution in [-0.2, 0) is 0 Å². The maximum atomic E-state index is 6.17. The zero-order valence-corrected chi connectivity index (χ0v) is 11.3. The fourth-order valence-electron chi connectivity index (χ4n) is 4.06. The van der Waals surface area contributed by atoms with Crippen molar-refractivity contribution in [3.63, 3.8) is 0 Å². The SMILES string of the molecule is CCC(c1ccccc1)N1C2CCC1CC(N)C2. The van der Waals surface area contributed by atoms with Crippen LogP contribution in [0.3, 0.4) is 0 Å². The van der Waals surface area contributed by atoms with Crippen LogP contribution in [0.1, 0.15) is 50.6 Å². The van der Waals surface area contributed by atoms with Gasteiger partial charge in [0.05, 0.1) is 0 Å².